The molecule has 12 nitrogen and oxygen atoms in total. The first-order valence-corrected chi connectivity index (χ1v) is 12.5. The summed E-state index contributed by atoms with van der Waals surface area (Å²) in [5, 5.41) is 17.4. The summed E-state index contributed by atoms with van der Waals surface area (Å²) in [6, 6.07) is 10.3. The van der Waals surface area contributed by atoms with E-state index in [2.05, 4.69) is 30.6 Å². The predicted molar refractivity (Wildman–Crippen MR) is 128 cm³/mol. The second-order valence-corrected chi connectivity index (χ2v) is 9.75. The number of carboxylic acid groups (broad SMARTS) is 1. The number of hydrogen-bond donors (Lipinski definition) is 5. The van der Waals surface area contributed by atoms with E-state index >= 15 is 0 Å². The van der Waals surface area contributed by atoms with Crippen molar-refractivity contribution >= 4 is 45.1 Å². The van der Waals surface area contributed by atoms with E-state index in [0.717, 1.165) is 11.3 Å². The summed E-state index contributed by atoms with van der Waals surface area (Å²) < 4.78 is 26.8. The molecule has 1 aromatic carbocycles. The van der Waals surface area contributed by atoms with E-state index in [1.807, 2.05) is 0 Å². The van der Waals surface area contributed by atoms with Crippen LogP contribution in [0, 0.1) is 0 Å². The maximum absolute atomic E-state index is 12.4. The molecule has 1 atom stereocenters. The Hall–Kier alpha value is -3.88. The number of anilines is 1. The fourth-order valence-corrected chi connectivity index (χ4v) is 4.78. The highest BCUT2D eigenvalue weighted by atomic mass is 32.2. The van der Waals surface area contributed by atoms with E-state index in [9.17, 15) is 27.9 Å². The maximum Gasteiger partial charge on any atom is 0.323 e. The fourth-order valence-electron chi connectivity index (χ4n) is 2.73. The van der Waals surface area contributed by atoms with Gasteiger partial charge in [0.2, 0.25) is 16.0 Å². The first kappa shape index (κ1) is 25.7. The van der Waals surface area contributed by atoms with Crippen molar-refractivity contribution in [2.45, 2.75) is 10.9 Å². The zero-order valence-electron chi connectivity index (χ0n) is 18.2. The summed E-state index contributed by atoms with van der Waals surface area (Å²) in [6.45, 7) is 0.190. The smallest absolute Gasteiger partial charge is 0.323 e. The van der Waals surface area contributed by atoms with Crippen LogP contribution < -0.4 is 20.7 Å². The Labute approximate surface area is 204 Å². The Balaban J connectivity index is 1.50. The van der Waals surface area contributed by atoms with E-state index in [1.165, 1.54) is 36.4 Å². The number of aliphatic carboxylic acids is 1. The lowest BCUT2D eigenvalue weighted by atomic mass is 10.3. The van der Waals surface area contributed by atoms with Crippen molar-refractivity contribution in [1.29, 1.82) is 0 Å². The van der Waals surface area contributed by atoms with Gasteiger partial charge in [-0.2, -0.15) is 4.72 Å². The molecule has 1 unspecified atom stereocenters. The lowest BCUT2D eigenvalue weighted by molar-refractivity contribution is -0.138. The summed E-state index contributed by atoms with van der Waals surface area (Å²) in [4.78, 5) is 44.6. The quantitative estimate of drug-likeness (QED) is 0.214. The molecule has 0 saturated carbocycles. The number of carbonyl (C=O) groups is 3. The van der Waals surface area contributed by atoms with Gasteiger partial charge >= 0.3 is 5.97 Å². The summed E-state index contributed by atoms with van der Waals surface area (Å²) in [5.74, 6) is -2.04. The van der Waals surface area contributed by atoms with Crippen LogP contribution in [-0.4, -0.2) is 67.0 Å². The molecule has 0 saturated heterocycles. The number of nitrogens with one attached hydrogen (secondary N) is 4. The zero-order valence-corrected chi connectivity index (χ0v) is 19.8. The second-order valence-electron chi connectivity index (χ2n) is 6.95. The van der Waals surface area contributed by atoms with Gasteiger partial charge in [0.15, 0.2) is 0 Å². The molecule has 184 valence electrons. The molecule has 35 heavy (non-hydrogen) atoms. The Morgan fingerprint density at radius 3 is 2.14 bits per heavy atom. The molecule has 0 aliphatic rings. The van der Waals surface area contributed by atoms with E-state index in [0.29, 0.717) is 19.0 Å². The molecule has 0 bridgehead atoms. The maximum atomic E-state index is 12.4. The van der Waals surface area contributed by atoms with Crippen LogP contribution in [0.5, 0.6) is 0 Å². The molecule has 3 rings (SSSR count). The van der Waals surface area contributed by atoms with Gasteiger partial charge in [0.25, 0.3) is 11.8 Å². The molecule has 0 fully saturated rings. The molecule has 14 heteroatoms. The van der Waals surface area contributed by atoms with Crippen LogP contribution in [0.1, 0.15) is 19.3 Å². The number of nitrogens with zero attached hydrogens (tertiary/aromatic N) is 2. The Kier molecular flexibility index (Phi) is 8.83. The van der Waals surface area contributed by atoms with Crippen LogP contribution >= 0.6 is 11.3 Å². The third-order valence-electron chi connectivity index (χ3n) is 4.43. The average Bonchev–Trinajstić information content (AvgIpc) is 3.36. The molecule has 3 aromatic rings. The van der Waals surface area contributed by atoms with Crippen LogP contribution in [0.15, 0.2) is 65.8 Å². The van der Waals surface area contributed by atoms with Gasteiger partial charge in [-0.3, -0.25) is 14.4 Å². The van der Waals surface area contributed by atoms with Gasteiger partial charge in [0.1, 0.15) is 6.04 Å². The van der Waals surface area contributed by atoms with Crippen molar-refractivity contribution < 1.29 is 27.9 Å². The molecular weight excluding hydrogens is 496 g/mol. The molecular formula is C21H22N6O6S2. The van der Waals surface area contributed by atoms with Crippen molar-refractivity contribution in [2.75, 3.05) is 25.0 Å². The minimum atomic E-state index is -4.10. The van der Waals surface area contributed by atoms with Gasteiger partial charge in [-0.05, 0) is 30.3 Å². The van der Waals surface area contributed by atoms with Crippen molar-refractivity contribution in [3.05, 3.63) is 70.7 Å². The number of carboxylic acids is 1. The van der Waals surface area contributed by atoms with Crippen LogP contribution in [0.25, 0.3) is 0 Å². The molecule has 0 radical (unpaired) electrons. The van der Waals surface area contributed by atoms with Crippen molar-refractivity contribution in [3.8, 4) is 0 Å². The van der Waals surface area contributed by atoms with Gasteiger partial charge in [0.05, 0.1) is 14.6 Å². The highest BCUT2D eigenvalue weighted by Crippen LogP contribution is 2.16. The van der Waals surface area contributed by atoms with E-state index in [1.54, 1.807) is 24.5 Å². The minimum absolute atomic E-state index is 0.0991. The molecule has 0 aliphatic carbocycles. The topological polar surface area (TPSA) is 179 Å². The number of hydrogen-bond acceptors (Lipinski definition) is 9. The Morgan fingerprint density at radius 1 is 0.886 bits per heavy atom. The van der Waals surface area contributed by atoms with Crippen LogP contribution in [-0.2, 0) is 14.8 Å². The normalized spacial score (nSPS) is 11.9. The van der Waals surface area contributed by atoms with Crippen LogP contribution in [0.2, 0.25) is 0 Å². The number of amides is 2. The molecule has 2 heterocycles. The van der Waals surface area contributed by atoms with Crippen molar-refractivity contribution in [1.82, 2.24) is 25.3 Å². The van der Waals surface area contributed by atoms with Gasteiger partial charge in [-0.1, -0.05) is 18.2 Å². The van der Waals surface area contributed by atoms with Crippen LogP contribution in [0.3, 0.4) is 0 Å². The highest BCUT2D eigenvalue weighted by molar-refractivity contribution is 7.89. The molecule has 0 spiro atoms. The monoisotopic (exact) mass is 518 g/mol. The van der Waals surface area contributed by atoms with E-state index in [4.69, 9.17) is 0 Å². The molecule has 0 aliphatic heterocycles. The summed E-state index contributed by atoms with van der Waals surface area (Å²) in [7, 11) is -4.10. The van der Waals surface area contributed by atoms with Gasteiger partial charge < -0.3 is 21.1 Å². The highest BCUT2D eigenvalue weighted by Gasteiger charge is 2.26. The number of aromatic nitrogens is 2. The Bertz CT molecular complexity index is 1270. The lowest BCUT2D eigenvalue weighted by Gasteiger charge is -2.15. The van der Waals surface area contributed by atoms with E-state index < -0.39 is 34.5 Å². The Morgan fingerprint density at radius 2 is 1.51 bits per heavy atom. The largest absolute Gasteiger partial charge is 0.480 e. The van der Waals surface area contributed by atoms with Crippen molar-refractivity contribution in [3.63, 3.8) is 0 Å². The predicted octanol–water partition coefficient (Wildman–Crippen LogP) is 0.542. The lowest BCUT2D eigenvalue weighted by Crippen LogP contribution is -2.48. The third kappa shape index (κ3) is 7.56. The second kappa shape index (κ2) is 12.0. The molecule has 5 N–H and O–H groups in total. The van der Waals surface area contributed by atoms with Crippen molar-refractivity contribution in [2.24, 2.45) is 0 Å². The van der Waals surface area contributed by atoms with Crippen LogP contribution in [0.4, 0.5) is 5.95 Å². The standard InChI is InChI=1S/C21H22N6O6S2/c28-18(22-11-12-25-21-23-9-4-10-24-21)16-7-8-17(34-16)19(29)26-13-15(20(30)31)27-35(32,33)14-5-2-1-3-6-14/h1-10,15,27H,11-13H2,(H,22,28)(H,26,29)(H,30,31)(H,23,24,25). The SMILES string of the molecule is O=C(NCCNc1ncccn1)c1ccc(C(=O)NCC(NS(=O)(=O)c2ccccc2)C(=O)O)s1. The summed E-state index contributed by atoms with van der Waals surface area (Å²) in [6.07, 6.45) is 3.17. The first-order chi connectivity index (χ1) is 16.8. The van der Waals surface area contributed by atoms with Gasteiger partial charge in [0, 0.05) is 32.0 Å². The van der Waals surface area contributed by atoms with Gasteiger partial charge in [-0.15, -0.1) is 11.3 Å². The minimum Gasteiger partial charge on any atom is -0.480 e. The fraction of sp³-hybridized carbons (Fsp3) is 0.190. The first-order valence-electron chi connectivity index (χ1n) is 10.2. The third-order valence-corrected chi connectivity index (χ3v) is 7.00. The number of benzene rings is 1. The number of thiophene rings is 1. The zero-order chi connectivity index (χ0) is 25.3. The molecule has 2 aromatic heterocycles. The average molecular weight is 519 g/mol. The molecule has 2 amide bonds. The number of carbonyl (C=O) groups excluding carboxylic acids is 2. The van der Waals surface area contributed by atoms with E-state index in [-0.39, 0.29) is 20.6 Å². The number of sulfonamides is 1. The number of rotatable bonds is 12. The summed E-state index contributed by atoms with van der Waals surface area (Å²) >= 11 is 0.918. The van der Waals surface area contributed by atoms with Gasteiger partial charge in [-0.25, -0.2) is 18.4 Å². The summed E-state index contributed by atoms with van der Waals surface area (Å²) in [5.41, 5.74) is 0.